The SMILES string of the molecule is O=C(Cc1cncnc1)Nc1nc(-c2ccc(C(F)(F)F)c(F)c2)cs1. The number of hydrogen-bond donors (Lipinski definition) is 1. The van der Waals surface area contributed by atoms with Gasteiger partial charge in [0.1, 0.15) is 12.1 Å². The minimum absolute atomic E-state index is 0.0463. The number of rotatable bonds is 4. The van der Waals surface area contributed by atoms with Crippen molar-refractivity contribution in [3.05, 3.63) is 59.2 Å². The Bertz CT molecular complexity index is 927. The zero-order valence-electron chi connectivity index (χ0n) is 12.9. The van der Waals surface area contributed by atoms with Crippen LogP contribution in [0.5, 0.6) is 0 Å². The molecular formula is C16H10F4N4OS. The zero-order valence-corrected chi connectivity index (χ0v) is 13.7. The maximum atomic E-state index is 13.7. The van der Waals surface area contributed by atoms with Crippen LogP contribution in [-0.2, 0) is 17.4 Å². The summed E-state index contributed by atoms with van der Waals surface area (Å²) in [6, 6.07) is 2.57. The predicted molar refractivity (Wildman–Crippen MR) is 86.9 cm³/mol. The third kappa shape index (κ3) is 4.20. The summed E-state index contributed by atoms with van der Waals surface area (Å²) in [6.07, 6.45) is -0.358. The second kappa shape index (κ2) is 7.16. The van der Waals surface area contributed by atoms with Gasteiger partial charge in [-0.3, -0.25) is 4.79 Å². The summed E-state index contributed by atoms with van der Waals surface area (Å²) in [5.41, 5.74) is -0.272. The minimum atomic E-state index is -4.76. The van der Waals surface area contributed by atoms with E-state index in [-0.39, 0.29) is 28.7 Å². The molecular weight excluding hydrogens is 372 g/mol. The molecule has 0 bridgehead atoms. The smallest absolute Gasteiger partial charge is 0.302 e. The first-order chi connectivity index (χ1) is 12.3. The van der Waals surface area contributed by atoms with Crippen molar-refractivity contribution in [3.63, 3.8) is 0 Å². The van der Waals surface area contributed by atoms with Gasteiger partial charge in [-0.1, -0.05) is 6.07 Å². The lowest BCUT2D eigenvalue weighted by Gasteiger charge is -2.08. The average Bonchev–Trinajstić information content (AvgIpc) is 3.02. The number of hydrogen-bond acceptors (Lipinski definition) is 5. The normalized spacial score (nSPS) is 11.4. The van der Waals surface area contributed by atoms with E-state index in [2.05, 4.69) is 20.3 Å². The molecule has 0 unspecified atom stereocenters. The summed E-state index contributed by atoms with van der Waals surface area (Å²) in [7, 11) is 0. The number of thiazole rings is 1. The predicted octanol–water partition coefficient (Wildman–Crippen LogP) is 3.94. The van der Waals surface area contributed by atoms with Crippen molar-refractivity contribution < 1.29 is 22.4 Å². The lowest BCUT2D eigenvalue weighted by molar-refractivity contribution is -0.140. The van der Waals surface area contributed by atoms with Crippen molar-refractivity contribution >= 4 is 22.4 Å². The van der Waals surface area contributed by atoms with E-state index >= 15 is 0 Å². The third-order valence-electron chi connectivity index (χ3n) is 3.30. The number of anilines is 1. The topological polar surface area (TPSA) is 67.8 Å². The van der Waals surface area contributed by atoms with Gasteiger partial charge in [0.2, 0.25) is 5.91 Å². The van der Waals surface area contributed by atoms with Gasteiger partial charge in [-0.2, -0.15) is 13.2 Å². The van der Waals surface area contributed by atoms with Gasteiger partial charge in [0.15, 0.2) is 5.13 Å². The number of halogens is 4. The lowest BCUT2D eigenvalue weighted by atomic mass is 10.1. The molecule has 5 nitrogen and oxygen atoms in total. The molecule has 0 saturated heterocycles. The molecule has 0 aliphatic carbocycles. The molecule has 0 saturated carbocycles. The number of nitrogens with zero attached hydrogens (tertiary/aromatic N) is 3. The summed E-state index contributed by atoms with van der Waals surface area (Å²) in [6.45, 7) is 0. The standard InChI is InChI=1S/C16H10F4N4OS/c17-12-4-10(1-2-11(12)16(18,19)20)13-7-26-15(23-13)24-14(25)3-9-5-21-8-22-6-9/h1-2,4-8H,3H2,(H,23,24,25). The second-order valence-electron chi connectivity index (χ2n) is 5.20. The highest BCUT2D eigenvalue weighted by Crippen LogP contribution is 2.34. The monoisotopic (exact) mass is 382 g/mol. The van der Waals surface area contributed by atoms with Crippen LogP contribution in [0.3, 0.4) is 0 Å². The van der Waals surface area contributed by atoms with Crippen LogP contribution in [0.2, 0.25) is 0 Å². The van der Waals surface area contributed by atoms with E-state index in [1.807, 2.05) is 0 Å². The Labute approximate surface area is 148 Å². The average molecular weight is 382 g/mol. The fourth-order valence-electron chi connectivity index (χ4n) is 2.14. The number of carbonyl (C=O) groups is 1. The molecule has 26 heavy (non-hydrogen) atoms. The van der Waals surface area contributed by atoms with Gasteiger partial charge < -0.3 is 5.32 Å². The maximum Gasteiger partial charge on any atom is 0.419 e. The van der Waals surface area contributed by atoms with Crippen molar-refractivity contribution in [2.24, 2.45) is 0 Å². The molecule has 1 amide bonds. The third-order valence-corrected chi connectivity index (χ3v) is 4.06. The van der Waals surface area contributed by atoms with Gasteiger partial charge in [-0.25, -0.2) is 19.3 Å². The van der Waals surface area contributed by atoms with E-state index in [0.717, 1.165) is 23.5 Å². The molecule has 10 heteroatoms. The molecule has 3 rings (SSSR count). The molecule has 0 fully saturated rings. The fraction of sp³-hybridized carbons (Fsp3) is 0.125. The maximum absolute atomic E-state index is 13.7. The molecule has 0 radical (unpaired) electrons. The van der Waals surface area contributed by atoms with Crippen LogP contribution in [0, 0.1) is 5.82 Å². The van der Waals surface area contributed by atoms with Crippen LogP contribution in [0.25, 0.3) is 11.3 Å². The number of alkyl halides is 3. The van der Waals surface area contributed by atoms with Crippen LogP contribution in [0.4, 0.5) is 22.7 Å². The number of carbonyl (C=O) groups excluding carboxylic acids is 1. The highest BCUT2D eigenvalue weighted by Gasteiger charge is 2.34. The molecule has 3 aromatic rings. The fourth-order valence-corrected chi connectivity index (χ4v) is 2.87. The highest BCUT2D eigenvalue weighted by atomic mass is 32.1. The molecule has 0 atom stereocenters. The molecule has 0 aliphatic heterocycles. The van der Waals surface area contributed by atoms with E-state index < -0.39 is 17.6 Å². The molecule has 0 spiro atoms. The first kappa shape index (κ1) is 17.9. The Morgan fingerprint density at radius 3 is 2.58 bits per heavy atom. The Morgan fingerprint density at radius 2 is 1.92 bits per heavy atom. The number of aromatic nitrogens is 3. The van der Waals surface area contributed by atoms with E-state index in [9.17, 15) is 22.4 Å². The summed E-state index contributed by atoms with van der Waals surface area (Å²) >= 11 is 1.08. The molecule has 1 N–H and O–H groups in total. The Hall–Kier alpha value is -2.88. The van der Waals surface area contributed by atoms with Crippen molar-refractivity contribution in [1.82, 2.24) is 15.0 Å². The van der Waals surface area contributed by atoms with Gasteiger partial charge >= 0.3 is 6.18 Å². The molecule has 134 valence electrons. The van der Waals surface area contributed by atoms with E-state index in [1.54, 1.807) is 0 Å². The van der Waals surface area contributed by atoms with Gasteiger partial charge in [0.25, 0.3) is 0 Å². The van der Waals surface area contributed by atoms with Crippen molar-refractivity contribution in [2.45, 2.75) is 12.6 Å². The quantitative estimate of drug-likeness (QED) is 0.694. The van der Waals surface area contributed by atoms with Crippen LogP contribution in [-0.4, -0.2) is 20.9 Å². The molecule has 2 aromatic heterocycles. The van der Waals surface area contributed by atoms with Gasteiger partial charge in [-0.15, -0.1) is 11.3 Å². The Morgan fingerprint density at radius 1 is 1.19 bits per heavy atom. The largest absolute Gasteiger partial charge is 0.419 e. The van der Waals surface area contributed by atoms with Crippen molar-refractivity contribution in [2.75, 3.05) is 5.32 Å². The van der Waals surface area contributed by atoms with Crippen LogP contribution in [0.1, 0.15) is 11.1 Å². The van der Waals surface area contributed by atoms with Crippen LogP contribution < -0.4 is 5.32 Å². The highest BCUT2D eigenvalue weighted by molar-refractivity contribution is 7.14. The first-order valence-electron chi connectivity index (χ1n) is 7.19. The Balaban J connectivity index is 1.72. The first-order valence-corrected chi connectivity index (χ1v) is 8.07. The van der Waals surface area contributed by atoms with Crippen molar-refractivity contribution in [1.29, 1.82) is 0 Å². The van der Waals surface area contributed by atoms with E-state index in [0.29, 0.717) is 11.6 Å². The van der Waals surface area contributed by atoms with E-state index in [4.69, 9.17) is 0 Å². The minimum Gasteiger partial charge on any atom is -0.302 e. The number of benzene rings is 1. The number of nitrogens with one attached hydrogen (secondary N) is 1. The molecule has 0 aliphatic rings. The summed E-state index contributed by atoms with van der Waals surface area (Å²) in [5.74, 6) is -1.73. The number of amides is 1. The van der Waals surface area contributed by atoms with Crippen LogP contribution >= 0.6 is 11.3 Å². The summed E-state index contributed by atoms with van der Waals surface area (Å²) < 4.78 is 51.5. The van der Waals surface area contributed by atoms with Gasteiger partial charge in [-0.05, 0) is 17.7 Å². The summed E-state index contributed by atoms with van der Waals surface area (Å²) in [4.78, 5) is 23.7. The second-order valence-corrected chi connectivity index (χ2v) is 6.06. The zero-order chi connectivity index (χ0) is 18.7. The van der Waals surface area contributed by atoms with Gasteiger partial charge in [0.05, 0.1) is 17.7 Å². The van der Waals surface area contributed by atoms with E-state index in [1.165, 1.54) is 24.1 Å². The molecule has 2 heterocycles. The molecule has 1 aromatic carbocycles. The van der Waals surface area contributed by atoms with Crippen LogP contribution in [0.15, 0.2) is 42.3 Å². The van der Waals surface area contributed by atoms with Crippen molar-refractivity contribution in [3.8, 4) is 11.3 Å². The lowest BCUT2D eigenvalue weighted by Crippen LogP contribution is -2.14. The summed E-state index contributed by atoms with van der Waals surface area (Å²) in [5, 5.41) is 4.34. The Kier molecular flexibility index (Phi) is 4.94. The van der Waals surface area contributed by atoms with Gasteiger partial charge in [0, 0.05) is 23.3 Å².